The number of ether oxygens (including phenoxy) is 2. The van der Waals surface area contributed by atoms with E-state index in [0.717, 1.165) is 31.5 Å². The summed E-state index contributed by atoms with van der Waals surface area (Å²) >= 11 is 0. The Kier molecular flexibility index (Phi) is 7.71. The van der Waals surface area contributed by atoms with Crippen LogP contribution < -0.4 is 0 Å². The summed E-state index contributed by atoms with van der Waals surface area (Å²) in [5.74, 6) is -0.187. The van der Waals surface area contributed by atoms with E-state index in [9.17, 15) is 6.17 Å². The minimum atomic E-state index is -0.749. The molecule has 0 unspecified atom stereocenters. The molecule has 2 aliphatic rings. The van der Waals surface area contributed by atoms with E-state index in [2.05, 4.69) is 53.4 Å². The second-order valence-electron chi connectivity index (χ2n) is 12.0. The highest BCUT2D eigenvalue weighted by Crippen LogP contribution is 2.40. The highest BCUT2D eigenvalue weighted by Gasteiger charge is 2.51. The first kappa shape index (κ1) is 26.1. The van der Waals surface area contributed by atoms with E-state index in [-0.39, 0.29) is 24.2 Å². The van der Waals surface area contributed by atoms with Gasteiger partial charge in [0.1, 0.15) is 11.8 Å². The molecule has 2 fully saturated rings. The molecule has 5 nitrogen and oxygen atoms in total. The zero-order chi connectivity index (χ0) is 28.3. The molecule has 0 spiro atoms. The van der Waals surface area contributed by atoms with E-state index in [1.165, 1.54) is 11.1 Å². The molecule has 1 aliphatic carbocycles. The highest BCUT2D eigenvalue weighted by molar-refractivity contribution is 5.70. The summed E-state index contributed by atoms with van der Waals surface area (Å²) in [5.41, 5.74) is 2.19. The second-order valence-corrected chi connectivity index (χ2v) is 12.0. The van der Waals surface area contributed by atoms with Crippen molar-refractivity contribution < 1.29 is 15.6 Å². The van der Waals surface area contributed by atoms with Crippen molar-refractivity contribution in [2.45, 2.75) is 83.4 Å². The van der Waals surface area contributed by atoms with Gasteiger partial charge in [-0.15, -0.1) is 0 Å². The summed E-state index contributed by atoms with van der Waals surface area (Å²) < 4.78 is 21.8. The van der Waals surface area contributed by atoms with Gasteiger partial charge in [-0.3, -0.25) is 9.80 Å². The van der Waals surface area contributed by atoms with Gasteiger partial charge in [-0.05, 0) is 63.6 Å². The average Bonchev–Trinajstić information content (AvgIpc) is 3.45. The van der Waals surface area contributed by atoms with Crippen LogP contribution in [0.1, 0.15) is 58.6 Å². The number of carbonyl (C=O) groups is 1. The number of amides is 1. The van der Waals surface area contributed by atoms with Crippen LogP contribution in [0.5, 0.6) is 0 Å². The van der Waals surface area contributed by atoms with Crippen molar-refractivity contribution in [3.8, 4) is 0 Å². The summed E-state index contributed by atoms with van der Waals surface area (Å²) in [7, 11) is 0. The Labute approximate surface area is 235 Å². The molecule has 0 bridgehead atoms. The van der Waals surface area contributed by atoms with Crippen molar-refractivity contribution in [3.05, 3.63) is 108 Å². The van der Waals surface area contributed by atoms with E-state index in [0.29, 0.717) is 6.61 Å². The number of hydrogen-bond acceptors (Lipinski definition) is 4. The van der Waals surface area contributed by atoms with E-state index in [4.69, 9.17) is 9.47 Å². The van der Waals surface area contributed by atoms with Gasteiger partial charge in [0, 0.05) is 26.4 Å². The molecular weight excluding hydrogens is 484 g/mol. The van der Waals surface area contributed by atoms with Crippen molar-refractivity contribution in [2.24, 2.45) is 5.92 Å². The standard InChI is InChI=1S/C34H42N2O3/c1-33(2)25-38-34(3,4)36(33)32(37)39-31-21-20-30(29(31)22-26-14-8-5-9-15-26)35(23-27-16-10-6-11-17-27)24-28-18-12-7-13-19-28/h5-19,29-31H,20-25H2,1-4H3/t29-,30+,31-/m1/s1/i22D/t22-,29-,30+,31-. The molecule has 1 heterocycles. The van der Waals surface area contributed by atoms with Crippen LogP contribution in [0.15, 0.2) is 91.0 Å². The van der Waals surface area contributed by atoms with Crippen LogP contribution in [0.4, 0.5) is 4.79 Å². The fourth-order valence-electron chi connectivity index (χ4n) is 6.32. The maximum absolute atomic E-state index is 13.7. The van der Waals surface area contributed by atoms with E-state index in [1.54, 1.807) is 4.90 Å². The fourth-order valence-corrected chi connectivity index (χ4v) is 6.32. The summed E-state index contributed by atoms with van der Waals surface area (Å²) in [5, 5.41) is 0. The molecule has 3 aromatic carbocycles. The molecule has 0 radical (unpaired) electrons. The molecule has 5 heteroatoms. The summed E-state index contributed by atoms with van der Waals surface area (Å²) in [6.07, 6.45) is 0.311. The van der Waals surface area contributed by atoms with Gasteiger partial charge in [0.05, 0.1) is 12.1 Å². The predicted octanol–water partition coefficient (Wildman–Crippen LogP) is 7.06. The summed E-state index contributed by atoms with van der Waals surface area (Å²) in [4.78, 5) is 18.0. The molecule has 3 aromatic rings. The van der Waals surface area contributed by atoms with Gasteiger partial charge < -0.3 is 9.47 Å². The largest absolute Gasteiger partial charge is 0.446 e. The quantitative estimate of drug-likeness (QED) is 0.314. The van der Waals surface area contributed by atoms with E-state index in [1.807, 2.05) is 70.2 Å². The van der Waals surface area contributed by atoms with Gasteiger partial charge in [-0.1, -0.05) is 91.0 Å². The van der Waals surface area contributed by atoms with Gasteiger partial charge in [0.25, 0.3) is 0 Å². The molecular formula is C34H42N2O3. The van der Waals surface area contributed by atoms with Crippen LogP contribution >= 0.6 is 0 Å². The first-order valence-corrected chi connectivity index (χ1v) is 14.1. The number of carbonyl (C=O) groups excluding carboxylic acids is 1. The van der Waals surface area contributed by atoms with Crippen LogP contribution in [0, 0.1) is 5.92 Å². The average molecular weight is 528 g/mol. The van der Waals surface area contributed by atoms with Gasteiger partial charge >= 0.3 is 6.09 Å². The van der Waals surface area contributed by atoms with E-state index < -0.39 is 17.7 Å². The van der Waals surface area contributed by atoms with Crippen molar-refractivity contribution in [1.29, 1.82) is 0 Å². The number of nitrogens with zero attached hydrogens (tertiary/aromatic N) is 2. The minimum Gasteiger partial charge on any atom is -0.446 e. The Morgan fingerprint density at radius 2 is 1.38 bits per heavy atom. The number of benzene rings is 3. The maximum Gasteiger partial charge on any atom is 0.412 e. The lowest BCUT2D eigenvalue weighted by Crippen LogP contribution is -2.54. The normalized spacial score (nSPS) is 24.9. The van der Waals surface area contributed by atoms with Gasteiger partial charge in [-0.2, -0.15) is 0 Å². The van der Waals surface area contributed by atoms with Crippen molar-refractivity contribution in [3.63, 3.8) is 0 Å². The third-order valence-electron chi connectivity index (χ3n) is 8.09. The number of rotatable bonds is 8. The first-order chi connectivity index (χ1) is 19.2. The molecule has 206 valence electrons. The molecule has 4 atom stereocenters. The Morgan fingerprint density at radius 1 is 0.872 bits per heavy atom. The molecule has 1 aliphatic heterocycles. The summed E-state index contributed by atoms with van der Waals surface area (Å²) in [6.45, 7) is 9.83. The molecule has 1 saturated heterocycles. The predicted molar refractivity (Wildman–Crippen MR) is 155 cm³/mol. The molecule has 1 saturated carbocycles. The van der Waals surface area contributed by atoms with Crippen molar-refractivity contribution in [1.82, 2.24) is 9.80 Å². The lowest BCUT2D eigenvalue weighted by Gasteiger charge is -2.39. The van der Waals surface area contributed by atoms with E-state index >= 15 is 0 Å². The SMILES string of the molecule is [2H][C@H](c1ccccc1)[C@H]1[C@H](OC(=O)N2C(C)(C)COC2(C)C)CC[C@@H]1N(Cc1ccccc1)Cc1ccccc1. The Morgan fingerprint density at radius 3 is 1.87 bits per heavy atom. The zero-order valence-electron chi connectivity index (χ0n) is 24.6. The van der Waals surface area contributed by atoms with Crippen LogP contribution in [0.3, 0.4) is 0 Å². The van der Waals surface area contributed by atoms with Crippen LogP contribution in [0.25, 0.3) is 0 Å². The lowest BCUT2D eigenvalue weighted by atomic mass is 9.91. The van der Waals surface area contributed by atoms with Crippen molar-refractivity contribution in [2.75, 3.05) is 6.61 Å². The van der Waals surface area contributed by atoms with Gasteiger partial charge in [0.2, 0.25) is 0 Å². The topological polar surface area (TPSA) is 42.0 Å². The van der Waals surface area contributed by atoms with Crippen LogP contribution in [-0.2, 0) is 29.0 Å². The monoisotopic (exact) mass is 527 g/mol. The smallest absolute Gasteiger partial charge is 0.412 e. The minimum absolute atomic E-state index is 0.0665. The molecule has 39 heavy (non-hydrogen) atoms. The fraction of sp³-hybridized carbons (Fsp3) is 0.441. The highest BCUT2D eigenvalue weighted by atomic mass is 16.6. The Hall–Kier alpha value is -3.15. The second kappa shape index (κ2) is 11.5. The first-order valence-electron chi connectivity index (χ1n) is 14.7. The summed E-state index contributed by atoms with van der Waals surface area (Å²) in [6, 6.07) is 31.1. The van der Waals surface area contributed by atoms with Gasteiger partial charge in [0.15, 0.2) is 0 Å². The zero-order valence-corrected chi connectivity index (χ0v) is 23.6. The maximum atomic E-state index is 13.7. The van der Waals surface area contributed by atoms with Crippen LogP contribution in [-0.4, -0.2) is 45.9 Å². The lowest BCUT2D eigenvalue weighted by molar-refractivity contribution is -0.0627. The molecule has 0 N–H and O–H groups in total. The Balaban J connectivity index is 1.47. The van der Waals surface area contributed by atoms with Gasteiger partial charge in [-0.25, -0.2) is 4.79 Å². The Bertz CT molecular complexity index is 1190. The van der Waals surface area contributed by atoms with Crippen molar-refractivity contribution >= 4 is 6.09 Å². The molecule has 0 aromatic heterocycles. The molecule has 1 amide bonds. The van der Waals surface area contributed by atoms with Crippen LogP contribution in [0.2, 0.25) is 0 Å². The number of hydrogen-bond donors (Lipinski definition) is 0. The molecule has 5 rings (SSSR count). The third kappa shape index (κ3) is 6.37. The third-order valence-corrected chi connectivity index (χ3v) is 8.09.